The summed E-state index contributed by atoms with van der Waals surface area (Å²) in [5.74, 6) is -0.298. The molecule has 0 amide bonds. The van der Waals surface area contributed by atoms with Gasteiger partial charge in [-0.1, -0.05) is 6.08 Å². The van der Waals surface area contributed by atoms with E-state index in [0.29, 0.717) is 6.54 Å². The summed E-state index contributed by atoms with van der Waals surface area (Å²) in [5, 5.41) is 2.91. The first-order valence-electron chi connectivity index (χ1n) is 3.58. The van der Waals surface area contributed by atoms with Gasteiger partial charge in [-0.05, 0) is 13.8 Å². The fourth-order valence-corrected chi connectivity index (χ4v) is 1.87. The third kappa shape index (κ3) is 6.33. The lowest BCUT2D eigenvalue weighted by Crippen LogP contribution is -2.45. The van der Waals surface area contributed by atoms with Crippen LogP contribution in [0.5, 0.6) is 0 Å². The van der Waals surface area contributed by atoms with Crippen LogP contribution in [0.1, 0.15) is 13.8 Å². The molecule has 0 rings (SSSR count). The van der Waals surface area contributed by atoms with E-state index in [-0.39, 0.29) is 5.75 Å². The lowest BCUT2D eigenvalue weighted by Gasteiger charge is -2.23. The van der Waals surface area contributed by atoms with E-state index in [1.807, 2.05) is 0 Å². The number of nitrogens with one attached hydrogen (secondary N) is 1. The van der Waals surface area contributed by atoms with E-state index in [1.165, 1.54) is 0 Å². The normalized spacial score (nSPS) is 12.9. The molecule has 0 radical (unpaired) electrons. The van der Waals surface area contributed by atoms with Gasteiger partial charge < -0.3 is 5.32 Å². The first kappa shape index (κ1) is 11.6. The van der Waals surface area contributed by atoms with Crippen molar-refractivity contribution >= 4 is 10.1 Å². The Labute approximate surface area is 73.4 Å². The molecule has 0 saturated carbocycles. The topological polar surface area (TPSA) is 66.4 Å². The second-order valence-electron chi connectivity index (χ2n) is 3.28. The SMILES string of the molecule is C=CCNC(C)(C)CS(=O)(=O)O. The number of hydrogen-bond acceptors (Lipinski definition) is 3. The summed E-state index contributed by atoms with van der Waals surface area (Å²) in [7, 11) is -3.91. The third-order valence-electron chi connectivity index (χ3n) is 1.27. The zero-order valence-corrected chi connectivity index (χ0v) is 8.19. The minimum Gasteiger partial charge on any atom is -0.307 e. The maximum absolute atomic E-state index is 10.5. The Bertz CT molecular complexity index is 243. The highest BCUT2D eigenvalue weighted by Crippen LogP contribution is 2.04. The second kappa shape index (κ2) is 4.02. The van der Waals surface area contributed by atoms with Crippen LogP contribution in [-0.2, 0) is 10.1 Å². The Kier molecular flexibility index (Phi) is 3.89. The summed E-state index contributed by atoms with van der Waals surface area (Å²) < 4.78 is 29.6. The molecule has 0 aromatic heterocycles. The molecule has 0 unspecified atom stereocenters. The predicted octanol–water partition coefficient (Wildman–Crippen LogP) is 0.428. The lowest BCUT2D eigenvalue weighted by molar-refractivity contribution is 0.417. The maximum Gasteiger partial charge on any atom is 0.266 e. The molecule has 0 aromatic rings. The number of rotatable bonds is 5. The molecular formula is C7H15NO3S. The zero-order valence-electron chi connectivity index (χ0n) is 7.37. The van der Waals surface area contributed by atoms with Crippen molar-refractivity contribution in [2.75, 3.05) is 12.3 Å². The molecule has 4 nitrogen and oxygen atoms in total. The van der Waals surface area contributed by atoms with Crippen LogP contribution in [-0.4, -0.2) is 30.8 Å². The molecule has 0 aromatic carbocycles. The predicted molar refractivity (Wildman–Crippen MR) is 48.7 cm³/mol. The van der Waals surface area contributed by atoms with Crippen molar-refractivity contribution in [1.82, 2.24) is 5.32 Å². The molecule has 0 bridgehead atoms. The molecule has 12 heavy (non-hydrogen) atoms. The van der Waals surface area contributed by atoms with Crippen molar-refractivity contribution in [2.24, 2.45) is 0 Å². The molecule has 0 aliphatic heterocycles. The monoisotopic (exact) mass is 193 g/mol. The van der Waals surface area contributed by atoms with Gasteiger partial charge in [0, 0.05) is 12.1 Å². The van der Waals surface area contributed by atoms with Gasteiger partial charge in [-0.25, -0.2) is 0 Å². The standard InChI is InChI=1S/C7H15NO3S/c1-4-5-8-7(2,3)6-12(9,10)11/h4,8H,1,5-6H2,2-3H3,(H,9,10,11). The van der Waals surface area contributed by atoms with E-state index >= 15 is 0 Å². The van der Waals surface area contributed by atoms with Crippen molar-refractivity contribution in [3.8, 4) is 0 Å². The molecule has 5 heteroatoms. The smallest absolute Gasteiger partial charge is 0.266 e. The molecule has 0 aliphatic rings. The van der Waals surface area contributed by atoms with Crippen LogP contribution in [0.3, 0.4) is 0 Å². The van der Waals surface area contributed by atoms with Crippen molar-refractivity contribution < 1.29 is 13.0 Å². The van der Waals surface area contributed by atoms with Crippen LogP contribution >= 0.6 is 0 Å². The zero-order chi connectivity index (χ0) is 9.83. The minimum absolute atomic E-state index is 0.298. The molecule has 0 saturated heterocycles. The van der Waals surface area contributed by atoms with Gasteiger partial charge in [0.15, 0.2) is 0 Å². The van der Waals surface area contributed by atoms with E-state index in [1.54, 1.807) is 19.9 Å². The fraction of sp³-hybridized carbons (Fsp3) is 0.714. The molecule has 2 N–H and O–H groups in total. The average molecular weight is 193 g/mol. The van der Waals surface area contributed by atoms with Crippen LogP contribution in [0.4, 0.5) is 0 Å². The van der Waals surface area contributed by atoms with Crippen LogP contribution in [0.25, 0.3) is 0 Å². The van der Waals surface area contributed by atoms with Gasteiger partial charge in [0.2, 0.25) is 0 Å². The van der Waals surface area contributed by atoms with E-state index in [4.69, 9.17) is 4.55 Å². The lowest BCUT2D eigenvalue weighted by atomic mass is 10.1. The van der Waals surface area contributed by atoms with Gasteiger partial charge in [-0.3, -0.25) is 4.55 Å². The van der Waals surface area contributed by atoms with Gasteiger partial charge in [-0.2, -0.15) is 8.42 Å². The number of hydrogen-bond donors (Lipinski definition) is 2. The molecule has 0 aliphatic carbocycles. The van der Waals surface area contributed by atoms with Gasteiger partial charge in [0.25, 0.3) is 10.1 Å². The molecular weight excluding hydrogens is 178 g/mol. The first-order chi connectivity index (χ1) is 5.27. The fourth-order valence-electron chi connectivity index (χ4n) is 0.855. The second-order valence-corrected chi connectivity index (χ2v) is 4.73. The first-order valence-corrected chi connectivity index (χ1v) is 5.19. The highest BCUT2D eigenvalue weighted by Gasteiger charge is 2.23. The van der Waals surface area contributed by atoms with Gasteiger partial charge >= 0.3 is 0 Å². The van der Waals surface area contributed by atoms with Gasteiger partial charge in [0.1, 0.15) is 0 Å². The van der Waals surface area contributed by atoms with Crippen molar-refractivity contribution in [1.29, 1.82) is 0 Å². The highest BCUT2D eigenvalue weighted by atomic mass is 32.2. The van der Waals surface area contributed by atoms with Crippen LogP contribution in [0, 0.1) is 0 Å². The summed E-state index contributed by atoms with van der Waals surface area (Å²) in [5.41, 5.74) is -0.623. The Balaban J connectivity index is 4.13. The largest absolute Gasteiger partial charge is 0.307 e. The van der Waals surface area contributed by atoms with E-state index in [0.717, 1.165) is 0 Å². The third-order valence-corrected chi connectivity index (χ3v) is 2.35. The van der Waals surface area contributed by atoms with Crippen LogP contribution in [0.15, 0.2) is 12.7 Å². The van der Waals surface area contributed by atoms with Gasteiger partial charge in [0.05, 0.1) is 5.75 Å². The van der Waals surface area contributed by atoms with Crippen molar-refractivity contribution in [3.05, 3.63) is 12.7 Å². The summed E-state index contributed by atoms with van der Waals surface area (Å²) in [6, 6.07) is 0. The summed E-state index contributed by atoms with van der Waals surface area (Å²) in [6.07, 6.45) is 1.63. The van der Waals surface area contributed by atoms with Crippen LogP contribution in [0.2, 0.25) is 0 Å². The Morgan fingerprint density at radius 3 is 2.42 bits per heavy atom. The van der Waals surface area contributed by atoms with E-state index in [2.05, 4.69) is 11.9 Å². The molecule has 0 atom stereocenters. The molecule has 72 valence electrons. The maximum atomic E-state index is 10.5. The van der Waals surface area contributed by atoms with Crippen LogP contribution < -0.4 is 5.32 Å². The molecule has 0 spiro atoms. The highest BCUT2D eigenvalue weighted by molar-refractivity contribution is 7.85. The van der Waals surface area contributed by atoms with Crippen molar-refractivity contribution in [2.45, 2.75) is 19.4 Å². The molecule has 0 fully saturated rings. The van der Waals surface area contributed by atoms with E-state index < -0.39 is 15.7 Å². The molecule has 0 heterocycles. The van der Waals surface area contributed by atoms with E-state index in [9.17, 15) is 8.42 Å². The quantitative estimate of drug-likeness (QED) is 0.491. The Morgan fingerprint density at radius 2 is 2.08 bits per heavy atom. The van der Waals surface area contributed by atoms with Gasteiger partial charge in [-0.15, -0.1) is 6.58 Å². The summed E-state index contributed by atoms with van der Waals surface area (Å²) >= 11 is 0. The Hall–Kier alpha value is -0.390. The summed E-state index contributed by atoms with van der Waals surface area (Å²) in [4.78, 5) is 0. The average Bonchev–Trinajstić information content (AvgIpc) is 1.78. The Morgan fingerprint density at radius 1 is 1.58 bits per heavy atom. The minimum atomic E-state index is -3.91. The summed E-state index contributed by atoms with van der Waals surface area (Å²) in [6.45, 7) is 7.40. The van der Waals surface area contributed by atoms with Crippen molar-refractivity contribution in [3.63, 3.8) is 0 Å².